The SMILES string of the molecule is O=C(Cc1ccc(C(F)(F)F)cc1)N1CCCC[C@@H]1C1OCCO1. The lowest BCUT2D eigenvalue weighted by Crippen LogP contribution is -2.50. The minimum Gasteiger partial charge on any atom is -0.348 e. The number of piperidine rings is 1. The number of alkyl halides is 3. The molecule has 1 amide bonds. The molecule has 2 aliphatic heterocycles. The van der Waals surface area contributed by atoms with Gasteiger partial charge in [-0.2, -0.15) is 13.2 Å². The van der Waals surface area contributed by atoms with Gasteiger partial charge in [0.25, 0.3) is 0 Å². The van der Waals surface area contributed by atoms with Crippen molar-refractivity contribution in [2.75, 3.05) is 19.8 Å². The first-order chi connectivity index (χ1) is 11.4. The molecule has 0 spiro atoms. The number of amides is 1. The highest BCUT2D eigenvalue weighted by Gasteiger charge is 2.36. The summed E-state index contributed by atoms with van der Waals surface area (Å²) in [6, 6.07) is 4.65. The molecule has 0 aliphatic carbocycles. The van der Waals surface area contributed by atoms with E-state index in [1.807, 2.05) is 0 Å². The maximum absolute atomic E-state index is 12.6. The predicted octanol–water partition coefficient (Wildman–Crippen LogP) is 3.00. The lowest BCUT2D eigenvalue weighted by molar-refractivity contribution is -0.149. The molecule has 1 atom stereocenters. The van der Waals surface area contributed by atoms with Gasteiger partial charge < -0.3 is 14.4 Å². The van der Waals surface area contributed by atoms with Crippen LogP contribution in [0.25, 0.3) is 0 Å². The molecular weight excluding hydrogens is 323 g/mol. The molecule has 0 aromatic heterocycles. The van der Waals surface area contributed by atoms with E-state index in [4.69, 9.17) is 9.47 Å². The van der Waals surface area contributed by atoms with Crippen LogP contribution in [0.1, 0.15) is 30.4 Å². The molecule has 4 nitrogen and oxygen atoms in total. The summed E-state index contributed by atoms with van der Waals surface area (Å²) in [6.07, 6.45) is -1.91. The Labute approximate surface area is 138 Å². The van der Waals surface area contributed by atoms with Gasteiger partial charge in [0.05, 0.1) is 31.2 Å². The second-order valence-electron chi connectivity index (χ2n) is 6.13. The monoisotopic (exact) mass is 343 g/mol. The number of halogens is 3. The van der Waals surface area contributed by atoms with Crippen LogP contribution in [0.15, 0.2) is 24.3 Å². The van der Waals surface area contributed by atoms with E-state index in [9.17, 15) is 18.0 Å². The number of rotatable bonds is 3. The Morgan fingerprint density at radius 1 is 1.12 bits per heavy atom. The van der Waals surface area contributed by atoms with Gasteiger partial charge in [0.15, 0.2) is 6.29 Å². The van der Waals surface area contributed by atoms with Crippen LogP contribution in [0.3, 0.4) is 0 Å². The van der Waals surface area contributed by atoms with Crippen molar-refractivity contribution in [1.29, 1.82) is 0 Å². The fourth-order valence-electron chi connectivity index (χ4n) is 3.24. The molecule has 0 N–H and O–H groups in total. The molecule has 2 aliphatic rings. The van der Waals surface area contributed by atoms with Crippen molar-refractivity contribution >= 4 is 5.91 Å². The summed E-state index contributed by atoms with van der Waals surface area (Å²) in [6.45, 7) is 1.69. The molecule has 1 aromatic rings. The van der Waals surface area contributed by atoms with E-state index < -0.39 is 11.7 Å². The number of benzene rings is 1. The molecule has 0 saturated carbocycles. The van der Waals surface area contributed by atoms with Crippen LogP contribution in [-0.2, 0) is 26.9 Å². The number of carbonyl (C=O) groups is 1. The summed E-state index contributed by atoms with van der Waals surface area (Å²) in [5, 5.41) is 0. The number of hydrogen-bond donors (Lipinski definition) is 0. The third-order valence-electron chi connectivity index (χ3n) is 4.47. The van der Waals surface area contributed by atoms with E-state index in [0.717, 1.165) is 31.4 Å². The summed E-state index contributed by atoms with van der Waals surface area (Å²) < 4.78 is 48.9. The minimum atomic E-state index is -4.36. The Morgan fingerprint density at radius 2 is 1.79 bits per heavy atom. The third-order valence-corrected chi connectivity index (χ3v) is 4.47. The van der Waals surface area contributed by atoms with Crippen molar-refractivity contribution in [2.24, 2.45) is 0 Å². The zero-order chi connectivity index (χ0) is 17.2. The van der Waals surface area contributed by atoms with Crippen molar-refractivity contribution in [3.63, 3.8) is 0 Å². The molecule has 0 radical (unpaired) electrons. The van der Waals surface area contributed by atoms with Crippen LogP contribution in [0.2, 0.25) is 0 Å². The van der Waals surface area contributed by atoms with Crippen molar-refractivity contribution < 1.29 is 27.4 Å². The molecule has 24 heavy (non-hydrogen) atoms. The smallest absolute Gasteiger partial charge is 0.348 e. The summed E-state index contributed by atoms with van der Waals surface area (Å²) in [5.74, 6) is -0.0986. The number of ether oxygens (including phenoxy) is 2. The van der Waals surface area contributed by atoms with Gasteiger partial charge in [0.2, 0.25) is 5.91 Å². The van der Waals surface area contributed by atoms with Gasteiger partial charge in [-0.25, -0.2) is 0 Å². The van der Waals surface area contributed by atoms with Gasteiger partial charge in [0.1, 0.15) is 0 Å². The van der Waals surface area contributed by atoms with Crippen molar-refractivity contribution in [3.8, 4) is 0 Å². The fraction of sp³-hybridized carbons (Fsp3) is 0.588. The molecule has 2 fully saturated rings. The number of nitrogens with zero attached hydrogens (tertiary/aromatic N) is 1. The molecule has 2 heterocycles. The third kappa shape index (κ3) is 3.89. The standard InChI is InChI=1S/C17H20F3NO3/c18-17(19,20)13-6-4-12(5-7-13)11-15(22)21-8-2-1-3-14(21)16-23-9-10-24-16/h4-7,14,16H,1-3,8-11H2/t14-/m1/s1. The van der Waals surface area contributed by atoms with E-state index in [2.05, 4.69) is 0 Å². The van der Waals surface area contributed by atoms with Crippen LogP contribution in [0, 0.1) is 0 Å². The maximum atomic E-state index is 12.6. The molecule has 1 aromatic carbocycles. The Bertz CT molecular complexity index is 567. The highest BCUT2D eigenvalue weighted by molar-refractivity contribution is 5.79. The van der Waals surface area contributed by atoms with E-state index in [1.54, 1.807) is 4.90 Å². The fourth-order valence-corrected chi connectivity index (χ4v) is 3.24. The first-order valence-corrected chi connectivity index (χ1v) is 8.14. The first-order valence-electron chi connectivity index (χ1n) is 8.14. The summed E-state index contributed by atoms with van der Waals surface area (Å²) in [5.41, 5.74) is -0.132. The first kappa shape index (κ1) is 17.2. The van der Waals surface area contributed by atoms with Crippen LogP contribution in [-0.4, -0.2) is 42.9 Å². The zero-order valence-electron chi connectivity index (χ0n) is 13.2. The van der Waals surface area contributed by atoms with Crippen molar-refractivity contribution in [3.05, 3.63) is 35.4 Å². The second-order valence-corrected chi connectivity index (χ2v) is 6.13. The predicted molar refractivity (Wildman–Crippen MR) is 80.2 cm³/mol. The molecule has 0 bridgehead atoms. The number of carbonyl (C=O) groups excluding carboxylic acids is 1. The van der Waals surface area contributed by atoms with Crippen LogP contribution in [0.5, 0.6) is 0 Å². The van der Waals surface area contributed by atoms with Gasteiger partial charge in [-0.1, -0.05) is 12.1 Å². The van der Waals surface area contributed by atoms with Crippen LogP contribution in [0.4, 0.5) is 13.2 Å². The largest absolute Gasteiger partial charge is 0.416 e. The Balaban J connectivity index is 1.66. The highest BCUT2D eigenvalue weighted by Crippen LogP contribution is 2.29. The Hall–Kier alpha value is -1.60. The van der Waals surface area contributed by atoms with Crippen molar-refractivity contribution in [2.45, 2.75) is 44.2 Å². The van der Waals surface area contributed by atoms with E-state index in [-0.39, 0.29) is 24.7 Å². The van der Waals surface area contributed by atoms with E-state index >= 15 is 0 Å². The van der Waals surface area contributed by atoms with Gasteiger partial charge in [-0.15, -0.1) is 0 Å². The van der Waals surface area contributed by atoms with Crippen molar-refractivity contribution in [1.82, 2.24) is 4.90 Å². The molecule has 7 heteroatoms. The average Bonchev–Trinajstić information content (AvgIpc) is 3.09. The minimum absolute atomic E-state index is 0.0847. The lowest BCUT2D eigenvalue weighted by Gasteiger charge is -2.38. The number of likely N-dealkylation sites (tertiary alicyclic amines) is 1. The topological polar surface area (TPSA) is 38.8 Å². The Kier molecular flexibility index (Phi) is 5.10. The second kappa shape index (κ2) is 7.11. The quantitative estimate of drug-likeness (QED) is 0.847. The normalized spacial score (nSPS) is 22.8. The van der Waals surface area contributed by atoms with Crippen LogP contribution >= 0.6 is 0 Å². The lowest BCUT2D eigenvalue weighted by atomic mass is 10.00. The zero-order valence-corrected chi connectivity index (χ0v) is 13.2. The number of hydrogen-bond acceptors (Lipinski definition) is 3. The van der Waals surface area contributed by atoms with E-state index in [0.29, 0.717) is 25.3 Å². The summed E-state index contributed by atoms with van der Waals surface area (Å²) in [7, 11) is 0. The molecule has 2 saturated heterocycles. The average molecular weight is 343 g/mol. The Morgan fingerprint density at radius 3 is 2.42 bits per heavy atom. The summed E-state index contributed by atoms with van der Waals surface area (Å²) in [4.78, 5) is 14.4. The van der Waals surface area contributed by atoms with Gasteiger partial charge >= 0.3 is 6.18 Å². The van der Waals surface area contributed by atoms with Crippen LogP contribution < -0.4 is 0 Å². The summed E-state index contributed by atoms with van der Waals surface area (Å²) >= 11 is 0. The van der Waals surface area contributed by atoms with E-state index in [1.165, 1.54) is 12.1 Å². The van der Waals surface area contributed by atoms with Gasteiger partial charge in [-0.05, 0) is 37.0 Å². The molecule has 3 rings (SSSR count). The maximum Gasteiger partial charge on any atom is 0.416 e. The molecule has 132 valence electrons. The van der Waals surface area contributed by atoms with Gasteiger partial charge in [-0.3, -0.25) is 4.79 Å². The molecular formula is C17H20F3NO3. The van der Waals surface area contributed by atoms with Gasteiger partial charge in [0, 0.05) is 6.54 Å². The highest BCUT2D eigenvalue weighted by atomic mass is 19.4. The molecule has 0 unspecified atom stereocenters.